The number of ether oxygens (including phenoxy) is 1. The highest BCUT2D eigenvalue weighted by atomic mass is 16.5. The number of rotatable bonds is 8. The first-order valence-corrected chi connectivity index (χ1v) is 10.9. The van der Waals surface area contributed by atoms with Crippen molar-refractivity contribution in [2.45, 2.75) is 45.2 Å². The first kappa shape index (κ1) is 23.3. The molecule has 2 aromatic rings. The van der Waals surface area contributed by atoms with Crippen molar-refractivity contribution in [2.75, 3.05) is 13.7 Å². The van der Waals surface area contributed by atoms with Gasteiger partial charge in [0.2, 0.25) is 5.91 Å². The molecule has 0 radical (unpaired) electrons. The lowest BCUT2D eigenvalue weighted by Gasteiger charge is -2.30. The molecule has 1 aliphatic rings. The summed E-state index contributed by atoms with van der Waals surface area (Å²) in [6.45, 7) is 5.32. The van der Waals surface area contributed by atoms with E-state index in [0.29, 0.717) is 6.42 Å². The van der Waals surface area contributed by atoms with Crippen molar-refractivity contribution in [2.24, 2.45) is 5.92 Å². The Morgan fingerprint density at radius 2 is 1.56 bits per heavy atom. The van der Waals surface area contributed by atoms with Crippen LogP contribution < -0.4 is 5.32 Å². The van der Waals surface area contributed by atoms with Crippen molar-refractivity contribution in [1.82, 2.24) is 10.2 Å². The molecule has 2 N–H and O–H groups in total. The molecule has 0 saturated heterocycles. The van der Waals surface area contributed by atoms with Gasteiger partial charge in [-0.2, -0.15) is 0 Å². The lowest BCUT2D eigenvalue weighted by molar-refractivity contribution is -0.149. The molecular weight excluding hydrogens is 408 g/mol. The van der Waals surface area contributed by atoms with E-state index in [-0.39, 0.29) is 18.4 Å². The van der Waals surface area contributed by atoms with Crippen LogP contribution in [0.5, 0.6) is 0 Å². The summed E-state index contributed by atoms with van der Waals surface area (Å²) in [4.78, 5) is 38.0. The fourth-order valence-electron chi connectivity index (χ4n) is 4.03. The van der Waals surface area contributed by atoms with Gasteiger partial charge in [-0.1, -0.05) is 68.8 Å². The zero-order valence-electron chi connectivity index (χ0n) is 18.9. The predicted molar refractivity (Wildman–Crippen MR) is 121 cm³/mol. The maximum absolute atomic E-state index is 12.9. The number of carbonyl (C=O) groups excluding carboxylic acids is 2. The third-order valence-corrected chi connectivity index (χ3v) is 6.38. The molecule has 2 aromatic carbocycles. The van der Waals surface area contributed by atoms with Crippen LogP contribution in [0.25, 0.3) is 11.1 Å². The number of aliphatic carboxylic acids is 1. The maximum atomic E-state index is 12.9. The zero-order valence-corrected chi connectivity index (χ0v) is 18.9. The lowest BCUT2D eigenvalue weighted by Crippen LogP contribution is -2.54. The molecule has 2 unspecified atom stereocenters. The van der Waals surface area contributed by atoms with E-state index in [0.717, 1.165) is 27.2 Å². The molecule has 7 heteroatoms. The number of nitrogens with one attached hydrogen (secondary N) is 1. The van der Waals surface area contributed by atoms with E-state index in [1.165, 1.54) is 14.0 Å². The molecule has 0 fully saturated rings. The maximum Gasteiger partial charge on any atom is 0.407 e. The smallest absolute Gasteiger partial charge is 0.407 e. The summed E-state index contributed by atoms with van der Waals surface area (Å²) in [6.07, 6.45) is -0.0584. The Balaban J connectivity index is 1.71. The third-order valence-electron chi connectivity index (χ3n) is 6.38. The van der Waals surface area contributed by atoms with Gasteiger partial charge in [-0.3, -0.25) is 4.79 Å². The fraction of sp³-hybridized carbons (Fsp3) is 0.400. The van der Waals surface area contributed by atoms with E-state index in [1.54, 1.807) is 0 Å². The molecule has 0 aliphatic heterocycles. The summed E-state index contributed by atoms with van der Waals surface area (Å²) in [5.41, 5.74) is 4.47. The van der Waals surface area contributed by atoms with Gasteiger partial charge in [-0.15, -0.1) is 0 Å². The number of amides is 2. The lowest BCUT2D eigenvalue weighted by atomic mass is 9.97. The van der Waals surface area contributed by atoms with Crippen LogP contribution in [-0.2, 0) is 14.3 Å². The molecule has 2 amide bonds. The SMILES string of the molecule is CCC(C)[C@H](NC(=O)OCC1c2ccccc2-c2ccccc21)C(=O)N(C)C(C)C(=O)O. The van der Waals surface area contributed by atoms with Crippen LogP contribution in [0.2, 0.25) is 0 Å². The third kappa shape index (κ3) is 4.61. The average molecular weight is 439 g/mol. The standard InChI is InChI=1S/C25H30N2O5/c1-5-15(2)22(23(28)27(4)16(3)24(29)30)26-25(31)32-14-21-19-12-8-6-10-17(19)18-11-7-9-13-20(18)21/h6-13,15-16,21-22H,5,14H2,1-4H3,(H,26,31)(H,29,30)/t15?,16?,22-/m0/s1. The highest BCUT2D eigenvalue weighted by Gasteiger charge is 2.34. The van der Waals surface area contributed by atoms with Crippen LogP contribution >= 0.6 is 0 Å². The summed E-state index contributed by atoms with van der Waals surface area (Å²) in [5.74, 6) is -1.83. The highest BCUT2D eigenvalue weighted by Crippen LogP contribution is 2.44. The van der Waals surface area contributed by atoms with Crippen LogP contribution in [0.1, 0.15) is 44.2 Å². The number of carboxylic acids is 1. The summed E-state index contributed by atoms with van der Waals surface area (Å²) in [6, 6.07) is 14.2. The van der Waals surface area contributed by atoms with Gasteiger partial charge < -0.3 is 20.1 Å². The molecule has 3 atom stereocenters. The predicted octanol–water partition coefficient (Wildman–Crippen LogP) is 3.87. The van der Waals surface area contributed by atoms with Gasteiger partial charge in [-0.25, -0.2) is 9.59 Å². The Morgan fingerprint density at radius 3 is 2.06 bits per heavy atom. The first-order chi connectivity index (χ1) is 15.3. The number of carboxylic acid groups (broad SMARTS) is 1. The van der Waals surface area contributed by atoms with Crippen molar-refractivity contribution in [3.05, 3.63) is 59.7 Å². The zero-order chi connectivity index (χ0) is 23.4. The molecule has 0 heterocycles. The van der Waals surface area contributed by atoms with Gasteiger partial charge >= 0.3 is 12.1 Å². The normalized spacial score (nSPS) is 15.1. The largest absolute Gasteiger partial charge is 0.480 e. The highest BCUT2D eigenvalue weighted by molar-refractivity contribution is 5.89. The van der Waals surface area contributed by atoms with Gasteiger partial charge in [0.05, 0.1) is 0 Å². The molecule has 170 valence electrons. The number of carbonyl (C=O) groups is 3. The molecular formula is C25H30N2O5. The van der Waals surface area contributed by atoms with Crippen molar-refractivity contribution in [3.8, 4) is 11.1 Å². The molecule has 0 bridgehead atoms. The molecule has 3 rings (SSSR count). The number of hydrogen-bond donors (Lipinski definition) is 2. The van der Waals surface area contributed by atoms with Crippen LogP contribution in [0.15, 0.2) is 48.5 Å². The van der Waals surface area contributed by atoms with Crippen LogP contribution in [0.3, 0.4) is 0 Å². The fourth-order valence-corrected chi connectivity index (χ4v) is 4.03. The van der Waals surface area contributed by atoms with E-state index in [2.05, 4.69) is 17.4 Å². The number of hydrogen-bond acceptors (Lipinski definition) is 4. The van der Waals surface area contributed by atoms with E-state index >= 15 is 0 Å². The number of nitrogens with zero attached hydrogens (tertiary/aromatic N) is 1. The second-order valence-electron chi connectivity index (χ2n) is 8.30. The van der Waals surface area contributed by atoms with Gasteiger partial charge in [0.25, 0.3) is 0 Å². The van der Waals surface area contributed by atoms with Crippen molar-refractivity contribution in [1.29, 1.82) is 0 Å². The Hall–Kier alpha value is -3.35. The monoisotopic (exact) mass is 438 g/mol. The Labute approximate surface area is 188 Å². The topological polar surface area (TPSA) is 95.9 Å². The average Bonchev–Trinajstić information content (AvgIpc) is 3.13. The van der Waals surface area contributed by atoms with Crippen LogP contribution in [0, 0.1) is 5.92 Å². The molecule has 7 nitrogen and oxygen atoms in total. The quantitative estimate of drug-likeness (QED) is 0.652. The van der Waals surface area contributed by atoms with Crippen LogP contribution in [0.4, 0.5) is 4.79 Å². The second-order valence-corrected chi connectivity index (χ2v) is 8.30. The molecule has 32 heavy (non-hydrogen) atoms. The van der Waals surface area contributed by atoms with Crippen molar-refractivity contribution < 1.29 is 24.2 Å². The molecule has 0 spiro atoms. The minimum Gasteiger partial charge on any atom is -0.480 e. The van der Waals surface area contributed by atoms with Crippen molar-refractivity contribution in [3.63, 3.8) is 0 Å². The van der Waals surface area contributed by atoms with Gasteiger partial charge in [0.1, 0.15) is 18.7 Å². The Bertz CT molecular complexity index is 960. The summed E-state index contributed by atoms with van der Waals surface area (Å²) in [7, 11) is 1.43. The van der Waals surface area contributed by atoms with Gasteiger partial charge in [0, 0.05) is 13.0 Å². The van der Waals surface area contributed by atoms with E-state index in [1.807, 2.05) is 50.2 Å². The number of fused-ring (bicyclic) bond motifs is 3. The number of likely N-dealkylation sites (N-methyl/N-ethyl adjacent to an activating group) is 1. The first-order valence-electron chi connectivity index (χ1n) is 10.9. The molecule has 0 aromatic heterocycles. The van der Waals surface area contributed by atoms with E-state index < -0.39 is 30.1 Å². The molecule has 0 saturated carbocycles. The minimum absolute atomic E-state index is 0.0828. The van der Waals surface area contributed by atoms with Crippen LogP contribution in [-0.4, -0.2) is 53.7 Å². The Morgan fingerprint density at radius 1 is 1.03 bits per heavy atom. The number of alkyl carbamates (subject to hydrolysis) is 1. The van der Waals surface area contributed by atoms with E-state index in [4.69, 9.17) is 4.74 Å². The van der Waals surface area contributed by atoms with Gasteiger partial charge in [0.15, 0.2) is 0 Å². The molecule has 1 aliphatic carbocycles. The summed E-state index contributed by atoms with van der Waals surface area (Å²) < 4.78 is 5.57. The van der Waals surface area contributed by atoms with Gasteiger partial charge in [-0.05, 0) is 35.1 Å². The summed E-state index contributed by atoms with van der Waals surface area (Å²) in [5, 5.41) is 11.9. The Kier molecular flexibility index (Phi) is 7.18. The second kappa shape index (κ2) is 9.85. The summed E-state index contributed by atoms with van der Waals surface area (Å²) >= 11 is 0. The minimum atomic E-state index is -1.11. The number of benzene rings is 2. The van der Waals surface area contributed by atoms with E-state index in [9.17, 15) is 19.5 Å². The van der Waals surface area contributed by atoms with Crippen molar-refractivity contribution >= 4 is 18.0 Å².